The summed E-state index contributed by atoms with van der Waals surface area (Å²) in [7, 11) is 0. The maximum Gasteiger partial charge on any atom is 0.253 e. The molecule has 2 atom stereocenters. The van der Waals surface area contributed by atoms with Crippen LogP contribution in [0.3, 0.4) is 0 Å². The van der Waals surface area contributed by atoms with Crippen molar-refractivity contribution in [3.8, 4) is 0 Å². The minimum absolute atomic E-state index is 0.229. The van der Waals surface area contributed by atoms with Gasteiger partial charge in [0, 0.05) is 37.2 Å². The summed E-state index contributed by atoms with van der Waals surface area (Å²) in [5.74, 6) is 1.59. The predicted molar refractivity (Wildman–Crippen MR) is 101 cm³/mol. The van der Waals surface area contributed by atoms with Crippen molar-refractivity contribution in [1.82, 2.24) is 9.80 Å². The highest BCUT2D eigenvalue weighted by Crippen LogP contribution is 2.50. The van der Waals surface area contributed by atoms with Gasteiger partial charge in [-0.1, -0.05) is 19.1 Å². The van der Waals surface area contributed by atoms with Gasteiger partial charge in [-0.3, -0.25) is 9.69 Å². The topological polar surface area (TPSA) is 32.8 Å². The summed E-state index contributed by atoms with van der Waals surface area (Å²) in [6.07, 6.45) is 4.81. The van der Waals surface area contributed by atoms with Crippen molar-refractivity contribution in [3.05, 3.63) is 35.4 Å². The molecule has 140 valence electrons. The van der Waals surface area contributed by atoms with E-state index in [1.165, 1.54) is 24.9 Å². The molecule has 0 N–H and O–H groups in total. The molecular weight excluding hydrogens is 324 g/mol. The third kappa shape index (κ3) is 2.69. The highest BCUT2D eigenvalue weighted by Gasteiger charge is 2.55. The number of ether oxygens (including phenoxy) is 1. The number of fused-ring (bicyclic) bond motifs is 2. The van der Waals surface area contributed by atoms with Crippen LogP contribution in [0, 0.1) is 11.3 Å². The number of nitrogens with zero attached hydrogens (tertiary/aromatic N) is 2. The van der Waals surface area contributed by atoms with Crippen molar-refractivity contribution < 1.29 is 9.53 Å². The van der Waals surface area contributed by atoms with Gasteiger partial charge in [0.15, 0.2) is 0 Å². The normalized spacial score (nSPS) is 30.7. The van der Waals surface area contributed by atoms with Crippen molar-refractivity contribution in [2.24, 2.45) is 11.3 Å². The summed E-state index contributed by atoms with van der Waals surface area (Å²) in [5, 5.41) is 0. The molecule has 1 aliphatic carbocycles. The molecule has 4 heteroatoms. The van der Waals surface area contributed by atoms with Gasteiger partial charge in [-0.2, -0.15) is 0 Å². The monoisotopic (exact) mass is 354 g/mol. The molecule has 4 aliphatic rings. The second kappa shape index (κ2) is 6.35. The summed E-state index contributed by atoms with van der Waals surface area (Å²) in [6.45, 7) is 8.18. The van der Waals surface area contributed by atoms with E-state index in [0.29, 0.717) is 23.3 Å². The van der Waals surface area contributed by atoms with Crippen molar-refractivity contribution >= 4 is 5.91 Å². The summed E-state index contributed by atoms with van der Waals surface area (Å²) < 4.78 is 5.83. The Morgan fingerprint density at radius 3 is 2.77 bits per heavy atom. The molecule has 4 fully saturated rings. The molecule has 1 amide bonds. The van der Waals surface area contributed by atoms with Crippen molar-refractivity contribution in [2.45, 2.75) is 44.6 Å². The summed E-state index contributed by atoms with van der Waals surface area (Å²) in [4.78, 5) is 17.8. The number of piperidine rings is 1. The summed E-state index contributed by atoms with van der Waals surface area (Å²) in [6, 6.07) is 8.98. The van der Waals surface area contributed by atoms with Gasteiger partial charge in [0.05, 0.1) is 13.2 Å². The fraction of sp³-hybridized carbons (Fsp3) is 0.682. The van der Waals surface area contributed by atoms with Crippen LogP contribution >= 0.6 is 0 Å². The van der Waals surface area contributed by atoms with E-state index in [4.69, 9.17) is 4.74 Å². The molecule has 0 bridgehead atoms. The third-order valence-corrected chi connectivity index (χ3v) is 7.46. The Labute approximate surface area is 156 Å². The molecule has 3 saturated heterocycles. The third-order valence-electron chi connectivity index (χ3n) is 7.46. The van der Waals surface area contributed by atoms with Gasteiger partial charge in [-0.05, 0) is 61.3 Å². The maximum atomic E-state index is 13.0. The second-order valence-corrected chi connectivity index (χ2v) is 8.83. The molecule has 4 nitrogen and oxygen atoms in total. The van der Waals surface area contributed by atoms with Gasteiger partial charge in [0.25, 0.3) is 5.91 Å². The van der Waals surface area contributed by atoms with E-state index >= 15 is 0 Å². The first-order chi connectivity index (χ1) is 12.7. The molecule has 1 spiro atoms. The molecule has 1 saturated carbocycles. The molecule has 1 aromatic rings. The molecular formula is C22H30N2O2. The SMILES string of the molecule is CCN1CC2(CCN(C(=O)c3cccc(C4CC4)c3)CC2)[C@H]2COC[C@H]21. The van der Waals surface area contributed by atoms with E-state index in [-0.39, 0.29) is 5.91 Å². The van der Waals surface area contributed by atoms with Gasteiger partial charge >= 0.3 is 0 Å². The van der Waals surface area contributed by atoms with Gasteiger partial charge in [0.2, 0.25) is 0 Å². The molecule has 3 aliphatic heterocycles. The maximum absolute atomic E-state index is 13.0. The second-order valence-electron chi connectivity index (χ2n) is 8.83. The number of benzene rings is 1. The minimum Gasteiger partial charge on any atom is -0.379 e. The first kappa shape index (κ1) is 16.8. The lowest BCUT2D eigenvalue weighted by Gasteiger charge is -2.42. The molecule has 0 aromatic heterocycles. The van der Waals surface area contributed by atoms with Crippen LogP contribution in [0.25, 0.3) is 0 Å². The van der Waals surface area contributed by atoms with Crippen LogP contribution in [0.4, 0.5) is 0 Å². The van der Waals surface area contributed by atoms with E-state index in [9.17, 15) is 4.79 Å². The fourth-order valence-electron chi connectivity index (χ4n) is 5.68. The Bertz CT molecular complexity index is 691. The molecule has 26 heavy (non-hydrogen) atoms. The van der Waals surface area contributed by atoms with Gasteiger partial charge in [-0.15, -0.1) is 0 Å². The van der Waals surface area contributed by atoms with Crippen LogP contribution in [0.1, 0.15) is 54.4 Å². The summed E-state index contributed by atoms with van der Waals surface area (Å²) in [5.41, 5.74) is 2.60. The van der Waals surface area contributed by atoms with Crippen LogP contribution in [0.5, 0.6) is 0 Å². The number of amides is 1. The molecule has 0 unspecified atom stereocenters. The zero-order chi connectivity index (χ0) is 17.7. The van der Waals surface area contributed by atoms with Crippen LogP contribution < -0.4 is 0 Å². The lowest BCUT2D eigenvalue weighted by atomic mass is 9.70. The first-order valence-corrected chi connectivity index (χ1v) is 10.4. The standard InChI is InChI=1S/C22H30N2O2/c1-2-23-15-22(19-13-26-14-20(19)23)8-10-24(11-9-22)21(25)18-5-3-4-17(12-18)16-6-7-16/h3-5,12,16,19-20H,2,6-11,13-15H2,1H3/t19-,20+/m0/s1. The van der Waals surface area contributed by atoms with Gasteiger partial charge in [-0.25, -0.2) is 0 Å². The largest absolute Gasteiger partial charge is 0.379 e. The van der Waals surface area contributed by atoms with Gasteiger partial charge in [0.1, 0.15) is 0 Å². The number of carbonyl (C=O) groups is 1. The highest BCUT2D eigenvalue weighted by atomic mass is 16.5. The quantitative estimate of drug-likeness (QED) is 0.836. The number of carbonyl (C=O) groups excluding carboxylic acids is 1. The van der Waals surface area contributed by atoms with Crippen LogP contribution in [0.15, 0.2) is 24.3 Å². The predicted octanol–water partition coefficient (Wildman–Crippen LogP) is 3.14. The van der Waals surface area contributed by atoms with E-state index < -0.39 is 0 Å². The Morgan fingerprint density at radius 1 is 1.23 bits per heavy atom. The molecule has 0 radical (unpaired) electrons. The van der Waals surface area contributed by atoms with Crippen LogP contribution in [0.2, 0.25) is 0 Å². The van der Waals surface area contributed by atoms with Crippen molar-refractivity contribution in [1.29, 1.82) is 0 Å². The lowest BCUT2D eigenvalue weighted by Crippen LogP contribution is -2.47. The highest BCUT2D eigenvalue weighted by molar-refractivity contribution is 5.94. The Hall–Kier alpha value is -1.39. The Balaban J connectivity index is 1.28. The minimum atomic E-state index is 0.229. The average molecular weight is 354 g/mol. The summed E-state index contributed by atoms with van der Waals surface area (Å²) >= 11 is 0. The first-order valence-electron chi connectivity index (χ1n) is 10.4. The van der Waals surface area contributed by atoms with Gasteiger partial charge < -0.3 is 9.64 Å². The molecule has 3 heterocycles. The lowest BCUT2D eigenvalue weighted by molar-refractivity contribution is 0.0402. The fourth-order valence-corrected chi connectivity index (χ4v) is 5.68. The van der Waals surface area contributed by atoms with Crippen molar-refractivity contribution in [3.63, 3.8) is 0 Å². The number of hydrogen-bond acceptors (Lipinski definition) is 3. The van der Waals surface area contributed by atoms with Crippen LogP contribution in [-0.4, -0.2) is 61.1 Å². The Kier molecular flexibility index (Phi) is 4.09. The molecule has 5 rings (SSSR count). The average Bonchev–Trinajstić information content (AvgIpc) is 3.35. The van der Waals surface area contributed by atoms with E-state index in [2.05, 4.69) is 34.9 Å². The van der Waals surface area contributed by atoms with Crippen LogP contribution in [-0.2, 0) is 4.74 Å². The zero-order valence-corrected chi connectivity index (χ0v) is 15.8. The smallest absolute Gasteiger partial charge is 0.253 e. The van der Waals surface area contributed by atoms with E-state index in [1.54, 1.807) is 0 Å². The zero-order valence-electron chi connectivity index (χ0n) is 15.8. The number of likely N-dealkylation sites (N-methyl/N-ethyl adjacent to an activating group) is 1. The molecule has 1 aromatic carbocycles. The number of hydrogen-bond donors (Lipinski definition) is 0. The Morgan fingerprint density at radius 2 is 2.04 bits per heavy atom. The van der Waals surface area contributed by atoms with E-state index in [1.807, 2.05) is 6.07 Å². The number of likely N-dealkylation sites (tertiary alicyclic amines) is 2. The van der Waals surface area contributed by atoms with Crippen molar-refractivity contribution in [2.75, 3.05) is 39.4 Å². The van der Waals surface area contributed by atoms with E-state index in [0.717, 1.165) is 51.3 Å². The number of rotatable bonds is 3.